The Morgan fingerprint density at radius 1 is 0.452 bits per heavy atom. The topological polar surface area (TPSA) is 63.4 Å². The Kier molecular flexibility index (Phi) is 9.49. The Hall–Kier alpha value is -7.99. The summed E-state index contributed by atoms with van der Waals surface area (Å²) in [7, 11) is 0. The van der Waals surface area contributed by atoms with Crippen LogP contribution >= 0.6 is 11.3 Å². The fourth-order valence-corrected chi connectivity index (χ4v) is 9.65. The van der Waals surface area contributed by atoms with Crippen LogP contribution in [0.4, 0.5) is 0 Å². The van der Waals surface area contributed by atoms with Crippen molar-refractivity contribution in [3.8, 4) is 45.0 Å². The third-order valence-corrected chi connectivity index (χ3v) is 12.7. The summed E-state index contributed by atoms with van der Waals surface area (Å²) in [5, 5.41) is 13.7. The van der Waals surface area contributed by atoms with Crippen molar-refractivity contribution in [1.29, 1.82) is 0 Å². The summed E-state index contributed by atoms with van der Waals surface area (Å²) in [5.41, 5.74) is 15.9. The molecule has 292 valence electrons. The summed E-state index contributed by atoms with van der Waals surface area (Å²) >= 11 is 1.84. The molecule has 11 rings (SSSR count). The van der Waals surface area contributed by atoms with Gasteiger partial charge in [0, 0.05) is 53.7 Å². The largest absolute Gasteiger partial charge is 0.354 e. The van der Waals surface area contributed by atoms with Crippen LogP contribution in [0.5, 0.6) is 0 Å². The van der Waals surface area contributed by atoms with E-state index in [1.807, 2.05) is 53.8 Å². The first-order valence-electron chi connectivity index (χ1n) is 20.8. The molecular formula is C57H39N4S+. The fraction of sp³-hybridized carbons (Fsp3) is 0. The lowest BCUT2D eigenvalue weighted by Crippen LogP contribution is -2.42. The molecule has 1 aliphatic heterocycles. The van der Waals surface area contributed by atoms with E-state index >= 15 is 0 Å². The van der Waals surface area contributed by atoms with Gasteiger partial charge in [0.2, 0.25) is 5.71 Å². The van der Waals surface area contributed by atoms with Crippen molar-refractivity contribution in [3.63, 3.8) is 0 Å². The summed E-state index contributed by atoms with van der Waals surface area (Å²) in [6, 6.07) is 74.1. The van der Waals surface area contributed by atoms with Gasteiger partial charge in [-0.1, -0.05) is 182 Å². The lowest BCUT2D eigenvalue weighted by molar-refractivity contribution is -0.110. The minimum atomic E-state index is 0.675. The van der Waals surface area contributed by atoms with Gasteiger partial charge in [-0.25, -0.2) is 9.97 Å². The van der Waals surface area contributed by atoms with Crippen molar-refractivity contribution >= 4 is 60.3 Å². The number of fused-ring (bicyclic) bond motifs is 4. The number of thiophene rings is 1. The highest BCUT2D eigenvalue weighted by Crippen LogP contribution is 2.41. The molecule has 0 saturated heterocycles. The lowest BCUT2D eigenvalue weighted by Gasteiger charge is -2.25. The zero-order valence-corrected chi connectivity index (χ0v) is 34.5. The molecule has 8 aromatic carbocycles. The van der Waals surface area contributed by atoms with Crippen LogP contribution in [0.2, 0.25) is 0 Å². The van der Waals surface area contributed by atoms with Gasteiger partial charge in [0.05, 0.1) is 22.7 Å². The molecular weight excluding hydrogens is 773 g/mol. The Bertz CT molecular complexity index is 3350. The number of rotatable bonds is 8. The van der Waals surface area contributed by atoms with Gasteiger partial charge in [-0.15, -0.1) is 11.3 Å². The minimum Gasteiger partial charge on any atom is -0.354 e. The average Bonchev–Trinajstić information content (AvgIpc) is 3.74. The van der Waals surface area contributed by atoms with Crippen molar-refractivity contribution < 1.29 is 5.41 Å². The van der Waals surface area contributed by atoms with Gasteiger partial charge >= 0.3 is 0 Å². The van der Waals surface area contributed by atoms with Crippen molar-refractivity contribution in [1.82, 2.24) is 15.3 Å². The normalized spacial score (nSPS) is 13.0. The third kappa shape index (κ3) is 6.90. The first-order chi connectivity index (χ1) is 30.6. The van der Waals surface area contributed by atoms with Crippen molar-refractivity contribution in [3.05, 3.63) is 240 Å². The van der Waals surface area contributed by atoms with E-state index < -0.39 is 0 Å². The number of nitrogens with two attached hydrogens (primary N) is 1. The molecule has 10 aromatic rings. The number of aromatic nitrogens is 2. The maximum Gasteiger partial charge on any atom is 0.214 e. The monoisotopic (exact) mass is 811 g/mol. The number of nitrogens with zero attached hydrogens (tertiary/aromatic N) is 2. The zero-order valence-electron chi connectivity index (χ0n) is 33.7. The summed E-state index contributed by atoms with van der Waals surface area (Å²) in [5.74, 6) is 0.675. The molecule has 0 radical (unpaired) electrons. The number of allylic oxidation sites excluding steroid dienone is 1. The van der Waals surface area contributed by atoms with E-state index in [0.29, 0.717) is 11.5 Å². The molecule has 4 nitrogen and oxygen atoms in total. The highest BCUT2D eigenvalue weighted by atomic mass is 32.1. The molecule has 0 unspecified atom stereocenters. The molecule has 62 heavy (non-hydrogen) atoms. The molecule has 0 atom stereocenters. The van der Waals surface area contributed by atoms with E-state index in [9.17, 15) is 0 Å². The molecule has 0 saturated carbocycles. The summed E-state index contributed by atoms with van der Waals surface area (Å²) in [6.45, 7) is 0. The van der Waals surface area contributed by atoms with Gasteiger partial charge in [-0.2, -0.15) is 0 Å². The van der Waals surface area contributed by atoms with Crippen LogP contribution in [0.25, 0.3) is 88.2 Å². The Balaban J connectivity index is 1.01. The quantitative estimate of drug-likeness (QED) is 0.150. The van der Waals surface area contributed by atoms with Crippen LogP contribution in [-0.2, 0) is 0 Å². The molecule has 2 aromatic heterocycles. The third-order valence-electron chi connectivity index (χ3n) is 11.6. The van der Waals surface area contributed by atoms with Crippen molar-refractivity contribution in [2.24, 2.45) is 0 Å². The molecule has 0 spiro atoms. The number of nitrogens with one attached hydrogen (secondary N) is 1. The predicted molar refractivity (Wildman–Crippen MR) is 260 cm³/mol. The van der Waals surface area contributed by atoms with Crippen LogP contribution in [0, 0.1) is 0 Å². The molecule has 3 heterocycles. The molecule has 3 N–H and O–H groups in total. The number of hydrogen-bond acceptors (Lipinski definition) is 4. The maximum atomic E-state index is 7.23. The van der Waals surface area contributed by atoms with Gasteiger partial charge in [0.25, 0.3) is 0 Å². The predicted octanol–water partition coefficient (Wildman–Crippen LogP) is 12.7. The van der Waals surface area contributed by atoms with Crippen molar-refractivity contribution in [2.75, 3.05) is 0 Å². The Labute approximate surface area is 364 Å². The van der Waals surface area contributed by atoms with Crippen LogP contribution in [0.15, 0.2) is 212 Å². The van der Waals surface area contributed by atoms with E-state index in [4.69, 9.17) is 15.4 Å². The Morgan fingerprint density at radius 3 is 1.74 bits per heavy atom. The first-order valence-corrected chi connectivity index (χ1v) is 21.6. The number of hydrogen-bond donors (Lipinski definition) is 2. The molecule has 0 aliphatic carbocycles. The molecule has 0 bridgehead atoms. The smallest absolute Gasteiger partial charge is 0.214 e. The average molecular weight is 812 g/mol. The van der Waals surface area contributed by atoms with Crippen LogP contribution in [0.1, 0.15) is 27.8 Å². The van der Waals surface area contributed by atoms with Crippen LogP contribution < -0.4 is 10.7 Å². The van der Waals surface area contributed by atoms with Gasteiger partial charge in [0.15, 0.2) is 5.82 Å². The molecule has 5 heteroatoms. The zero-order chi connectivity index (χ0) is 41.4. The van der Waals surface area contributed by atoms with Crippen LogP contribution in [0.3, 0.4) is 0 Å². The van der Waals surface area contributed by atoms with E-state index in [2.05, 4.69) is 181 Å². The molecule has 1 aliphatic rings. The summed E-state index contributed by atoms with van der Waals surface area (Å²) in [6.07, 6.45) is 2.21. The van der Waals surface area contributed by atoms with Gasteiger partial charge in [-0.3, -0.25) is 5.41 Å². The first kappa shape index (κ1) is 37.0. The second-order valence-electron chi connectivity index (χ2n) is 15.4. The van der Waals surface area contributed by atoms with E-state index in [1.165, 1.54) is 31.3 Å². The van der Waals surface area contributed by atoms with E-state index in [1.54, 1.807) is 0 Å². The number of benzene rings is 8. The van der Waals surface area contributed by atoms with Gasteiger partial charge < -0.3 is 5.32 Å². The highest BCUT2D eigenvalue weighted by molar-refractivity contribution is 7.25. The standard InChI is InChI=1S/C57H38N4S/c58-55(42-17-6-2-7-18-42)53(56-46-22-11-10-21-44(46)35-48(59-56)38-15-4-1-5-16-38)41-33-31-40(32-34-41)50-36-49(60-57(61-50)43-19-8-3-9-20-43)39-29-27-37(28-30-39)45-24-14-26-52-54(45)47-23-12-13-25-51(47)62-52/h1-36,58-59H/p+1/b56-53-,58-55?. The van der Waals surface area contributed by atoms with Crippen molar-refractivity contribution in [2.45, 2.75) is 0 Å². The Morgan fingerprint density at radius 2 is 1.02 bits per heavy atom. The maximum absolute atomic E-state index is 7.23. The molecule has 0 fully saturated rings. The summed E-state index contributed by atoms with van der Waals surface area (Å²) < 4.78 is 2.60. The van der Waals surface area contributed by atoms with E-state index in [0.717, 1.165) is 72.9 Å². The molecule has 0 amide bonds. The van der Waals surface area contributed by atoms with Gasteiger partial charge in [-0.05, 0) is 64.2 Å². The highest BCUT2D eigenvalue weighted by Gasteiger charge is 2.26. The van der Waals surface area contributed by atoms with Gasteiger partial charge in [0.1, 0.15) is 0 Å². The SMILES string of the molecule is [NH2+]=C(/C(=C1\NC(c2ccccc2)=Cc2ccccc21)c1ccc(-c2cc(-c3ccc(-c4cccc5sc6ccccc6c45)cc3)nc(-c3ccccc3)n2)cc1)c1ccccc1. The minimum absolute atomic E-state index is 0.675. The van der Waals surface area contributed by atoms with Crippen LogP contribution in [-0.4, -0.2) is 15.7 Å². The fourth-order valence-electron chi connectivity index (χ4n) is 8.51. The second-order valence-corrected chi connectivity index (χ2v) is 16.5. The second kappa shape index (κ2) is 15.9. The van der Waals surface area contributed by atoms with E-state index in [-0.39, 0.29) is 0 Å². The summed E-state index contributed by atoms with van der Waals surface area (Å²) in [4.78, 5) is 10.3. The lowest BCUT2D eigenvalue weighted by atomic mass is 9.87.